The number of nitrogens with zero attached hydrogens (tertiary/aromatic N) is 3. The normalized spacial score (nSPS) is 14.1. The first-order chi connectivity index (χ1) is 15.8. The molecule has 0 bridgehead atoms. The maximum atomic E-state index is 13.7. The lowest BCUT2D eigenvalue weighted by Crippen LogP contribution is -2.25. The van der Waals surface area contributed by atoms with Crippen molar-refractivity contribution in [3.8, 4) is 0 Å². The lowest BCUT2D eigenvalue weighted by Gasteiger charge is -2.18. The molecule has 176 valence electrons. The van der Waals surface area contributed by atoms with Crippen LogP contribution in [0.3, 0.4) is 0 Å². The van der Waals surface area contributed by atoms with Gasteiger partial charge >= 0.3 is 5.97 Å². The minimum atomic E-state index is -0.245. The first-order valence-electron chi connectivity index (χ1n) is 10.6. The maximum Gasteiger partial charge on any atom is 0.325 e. The molecule has 6 nitrogen and oxygen atoms in total. The molecule has 1 aromatic carbocycles. The number of pyridine rings is 1. The number of rotatable bonds is 7. The van der Waals surface area contributed by atoms with Gasteiger partial charge in [0.15, 0.2) is 0 Å². The Labute approximate surface area is 199 Å². The molecule has 0 spiro atoms. The van der Waals surface area contributed by atoms with Crippen molar-refractivity contribution in [1.82, 2.24) is 9.88 Å². The van der Waals surface area contributed by atoms with Gasteiger partial charge in [-0.2, -0.15) is 0 Å². The predicted octanol–water partition coefficient (Wildman–Crippen LogP) is 5.13. The quantitative estimate of drug-likeness (QED) is 0.315. The number of hydrogen-bond acceptors (Lipinski definition) is 7. The van der Waals surface area contributed by atoms with E-state index < -0.39 is 0 Å². The largest absolute Gasteiger partial charge is 0.468 e. The third-order valence-electron chi connectivity index (χ3n) is 5.01. The zero-order chi connectivity index (χ0) is 24.4. The molecule has 0 N–H and O–H groups in total. The van der Waals surface area contributed by atoms with E-state index in [0.717, 1.165) is 45.9 Å². The summed E-state index contributed by atoms with van der Waals surface area (Å²) in [7, 11) is 5.04. The number of thioether (sulfide) groups is 1. The summed E-state index contributed by atoms with van der Waals surface area (Å²) in [5, 5.41) is 0.849. The first-order valence-corrected chi connectivity index (χ1v) is 11.4. The second-order valence-corrected chi connectivity index (χ2v) is 8.48. The van der Waals surface area contributed by atoms with Crippen LogP contribution in [-0.4, -0.2) is 49.9 Å². The molecule has 0 atom stereocenters. The summed E-state index contributed by atoms with van der Waals surface area (Å²) in [4.78, 5) is 30.6. The van der Waals surface area contributed by atoms with Crippen molar-refractivity contribution in [2.24, 2.45) is 0 Å². The van der Waals surface area contributed by atoms with Crippen LogP contribution in [0, 0.1) is 5.82 Å². The molecular formula is C25H30FN3O3S. The van der Waals surface area contributed by atoms with E-state index >= 15 is 0 Å². The number of carbonyl (C=O) groups is 2. The number of anilines is 1. The van der Waals surface area contributed by atoms with Crippen molar-refractivity contribution < 1.29 is 18.7 Å². The van der Waals surface area contributed by atoms with Crippen LogP contribution < -0.4 is 4.90 Å². The van der Waals surface area contributed by atoms with Gasteiger partial charge in [-0.1, -0.05) is 31.2 Å². The minimum absolute atomic E-state index is 0.241. The standard InChI is InChI=1S/C13H14FNOS.C12H16N2O2/c1-3-5-9(8-16)13-15(2)12-10(14)6-4-7-11(12)17-13;1-10(14(2)9-12(15)16-3)8-11-4-6-13-7-5-11/h4,6-8H,3,5H2,1-2H3;4-8H,9H2,1-3H3/b13-9-;10-8+. The van der Waals surface area contributed by atoms with E-state index in [1.807, 2.05) is 50.1 Å². The third kappa shape index (κ3) is 7.18. The first kappa shape index (κ1) is 26.1. The topological polar surface area (TPSA) is 62.7 Å². The molecule has 2 heterocycles. The zero-order valence-electron chi connectivity index (χ0n) is 19.7. The molecule has 1 aliphatic heterocycles. The fraction of sp³-hybridized carbons (Fsp3) is 0.320. The van der Waals surface area contributed by atoms with E-state index in [1.54, 1.807) is 30.4 Å². The number of aromatic nitrogens is 1. The minimum Gasteiger partial charge on any atom is -0.468 e. The number of esters is 1. The zero-order valence-corrected chi connectivity index (χ0v) is 20.5. The van der Waals surface area contributed by atoms with Crippen molar-refractivity contribution in [3.05, 3.63) is 70.4 Å². The van der Waals surface area contributed by atoms with Crippen LogP contribution in [0.15, 0.2) is 63.9 Å². The Morgan fingerprint density at radius 1 is 1.27 bits per heavy atom. The van der Waals surface area contributed by atoms with Gasteiger partial charge in [0.1, 0.15) is 18.6 Å². The molecule has 3 rings (SSSR count). The molecule has 1 aromatic heterocycles. The predicted molar refractivity (Wildman–Crippen MR) is 131 cm³/mol. The Kier molecular flexibility index (Phi) is 10.1. The summed E-state index contributed by atoms with van der Waals surface area (Å²) in [6.07, 6.45) is 7.98. The Morgan fingerprint density at radius 3 is 2.55 bits per heavy atom. The van der Waals surface area contributed by atoms with E-state index in [0.29, 0.717) is 5.69 Å². The van der Waals surface area contributed by atoms with E-state index in [2.05, 4.69) is 9.72 Å². The molecule has 0 fully saturated rings. The number of allylic oxidation sites excluding steroid dienone is 2. The second kappa shape index (κ2) is 12.8. The average Bonchev–Trinajstić information content (AvgIpc) is 3.15. The molecule has 0 saturated heterocycles. The van der Waals surface area contributed by atoms with Crippen LogP contribution in [0.5, 0.6) is 0 Å². The van der Waals surface area contributed by atoms with E-state index in [4.69, 9.17) is 0 Å². The SMILES string of the molecule is CCC/C(C=O)=C1/Sc2cccc(F)c2N1C.COC(=O)CN(C)/C(C)=C/c1ccncc1. The molecule has 0 aliphatic carbocycles. The Morgan fingerprint density at radius 2 is 1.97 bits per heavy atom. The van der Waals surface area contributed by atoms with Gasteiger partial charge in [0.2, 0.25) is 0 Å². The fourth-order valence-electron chi connectivity index (χ4n) is 3.14. The Hall–Kier alpha value is -3.13. The van der Waals surface area contributed by atoms with Crippen LogP contribution in [0.4, 0.5) is 10.1 Å². The number of methoxy groups -OCH3 is 1. The van der Waals surface area contributed by atoms with Gasteiger partial charge in [0.25, 0.3) is 0 Å². The van der Waals surface area contributed by atoms with Gasteiger partial charge in [0, 0.05) is 42.7 Å². The number of hydrogen-bond donors (Lipinski definition) is 0. The lowest BCUT2D eigenvalue weighted by atomic mass is 10.2. The smallest absolute Gasteiger partial charge is 0.325 e. The summed E-state index contributed by atoms with van der Waals surface area (Å²) >= 11 is 1.47. The van der Waals surface area contributed by atoms with E-state index in [1.165, 1.54) is 24.9 Å². The van der Waals surface area contributed by atoms with Crippen molar-refractivity contribution >= 4 is 35.8 Å². The van der Waals surface area contributed by atoms with Crippen LogP contribution in [-0.2, 0) is 14.3 Å². The fourth-order valence-corrected chi connectivity index (χ4v) is 4.33. The summed E-state index contributed by atoms with van der Waals surface area (Å²) in [6.45, 7) is 4.23. The average molecular weight is 472 g/mol. The summed E-state index contributed by atoms with van der Waals surface area (Å²) < 4.78 is 18.3. The van der Waals surface area contributed by atoms with Crippen LogP contribution in [0.2, 0.25) is 0 Å². The van der Waals surface area contributed by atoms with Crippen LogP contribution in [0.25, 0.3) is 6.08 Å². The van der Waals surface area contributed by atoms with Gasteiger partial charge in [0.05, 0.1) is 17.8 Å². The number of likely N-dealkylation sites (N-methyl/N-ethyl adjacent to an activating group) is 1. The van der Waals surface area contributed by atoms with Gasteiger partial charge in [-0.3, -0.25) is 14.6 Å². The van der Waals surface area contributed by atoms with Crippen molar-refractivity contribution in [2.75, 3.05) is 32.6 Å². The number of para-hydroxylation sites is 1. The van der Waals surface area contributed by atoms with Crippen molar-refractivity contribution in [1.29, 1.82) is 0 Å². The number of fused-ring (bicyclic) bond motifs is 1. The van der Waals surface area contributed by atoms with Gasteiger partial charge in [-0.05, 0) is 49.2 Å². The highest BCUT2D eigenvalue weighted by Gasteiger charge is 2.27. The van der Waals surface area contributed by atoms with Crippen molar-refractivity contribution in [2.45, 2.75) is 31.6 Å². The molecular weight excluding hydrogens is 441 g/mol. The summed E-state index contributed by atoms with van der Waals surface area (Å²) in [6, 6.07) is 8.84. The molecule has 33 heavy (non-hydrogen) atoms. The van der Waals surface area contributed by atoms with Gasteiger partial charge in [-0.25, -0.2) is 4.39 Å². The highest BCUT2D eigenvalue weighted by Crippen LogP contribution is 2.47. The second-order valence-electron chi connectivity index (χ2n) is 7.44. The molecule has 0 unspecified atom stereocenters. The van der Waals surface area contributed by atoms with Crippen molar-refractivity contribution in [3.63, 3.8) is 0 Å². The van der Waals surface area contributed by atoms with E-state index in [-0.39, 0.29) is 18.3 Å². The van der Waals surface area contributed by atoms with E-state index in [9.17, 15) is 14.0 Å². The molecule has 1 aliphatic rings. The maximum absolute atomic E-state index is 13.7. The highest BCUT2D eigenvalue weighted by atomic mass is 32.2. The monoisotopic (exact) mass is 471 g/mol. The number of carbonyl (C=O) groups excluding carboxylic acids is 2. The van der Waals surface area contributed by atoms with Gasteiger partial charge in [-0.15, -0.1) is 0 Å². The highest BCUT2D eigenvalue weighted by molar-refractivity contribution is 8.03. The van der Waals surface area contributed by atoms with Crippen LogP contribution in [0.1, 0.15) is 32.3 Å². The molecule has 8 heteroatoms. The van der Waals surface area contributed by atoms with Crippen LogP contribution >= 0.6 is 11.8 Å². The summed E-state index contributed by atoms with van der Waals surface area (Å²) in [5.41, 5.74) is 3.37. The number of halogens is 1. The number of ether oxygens (including phenoxy) is 1. The Bertz CT molecular complexity index is 1020. The molecule has 0 amide bonds. The molecule has 2 aromatic rings. The molecule has 0 radical (unpaired) electrons. The Balaban J connectivity index is 0.000000234. The number of aldehydes is 1. The van der Waals surface area contributed by atoms with Gasteiger partial charge < -0.3 is 14.5 Å². The molecule has 0 saturated carbocycles. The third-order valence-corrected chi connectivity index (χ3v) is 6.29. The summed E-state index contributed by atoms with van der Waals surface area (Å²) in [5.74, 6) is -0.487. The lowest BCUT2D eigenvalue weighted by molar-refractivity contribution is -0.141. The number of benzene rings is 1.